The van der Waals surface area contributed by atoms with Crippen LogP contribution in [0.25, 0.3) is 10.9 Å². The lowest BCUT2D eigenvalue weighted by Crippen LogP contribution is -2.13. The van der Waals surface area contributed by atoms with Gasteiger partial charge in [-0.25, -0.2) is 0 Å². The highest BCUT2D eigenvalue weighted by molar-refractivity contribution is 5.78. The van der Waals surface area contributed by atoms with Crippen molar-refractivity contribution in [2.75, 3.05) is 0 Å². The van der Waals surface area contributed by atoms with Gasteiger partial charge >= 0.3 is 0 Å². The third-order valence-corrected chi connectivity index (χ3v) is 3.34. The monoisotopic (exact) mass is 248 g/mol. The molecule has 0 aliphatic carbocycles. The van der Waals surface area contributed by atoms with E-state index in [1.807, 2.05) is 30.3 Å². The second-order valence-electron chi connectivity index (χ2n) is 4.82. The Morgan fingerprint density at radius 2 is 1.79 bits per heavy atom. The first kappa shape index (κ1) is 11.9. The molecule has 3 rings (SSSR count). The lowest BCUT2D eigenvalue weighted by molar-refractivity contribution is 0.834. The predicted molar refractivity (Wildman–Crippen MR) is 79.0 cm³/mol. The van der Waals surface area contributed by atoms with E-state index in [1.54, 1.807) is 0 Å². The Morgan fingerprint density at radius 1 is 0.947 bits per heavy atom. The molecule has 3 aromatic rings. The maximum absolute atomic E-state index is 6.31. The van der Waals surface area contributed by atoms with Crippen molar-refractivity contribution in [2.24, 2.45) is 5.73 Å². The summed E-state index contributed by atoms with van der Waals surface area (Å²) >= 11 is 0. The number of nitrogens with zero attached hydrogens (tertiary/aromatic N) is 1. The number of rotatable bonds is 2. The second kappa shape index (κ2) is 4.82. The fourth-order valence-electron chi connectivity index (χ4n) is 2.29. The molecule has 19 heavy (non-hydrogen) atoms. The molecule has 0 saturated heterocycles. The van der Waals surface area contributed by atoms with E-state index >= 15 is 0 Å². The molecule has 0 amide bonds. The van der Waals surface area contributed by atoms with Crippen molar-refractivity contribution in [3.63, 3.8) is 0 Å². The summed E-state index contributed by atoms with van der Waals surface area (Å²) in [5, 5.41) is 1.14. The number of benzene rings is 2. The fourth-order valence-corrected chi connectivity index (χ4v) is 2.29. The number of para-hydroxylation sites is 1. The van der Waals surface area contributed by atoms with Crippen LogP contribution in [0.1, 0.15) is 22.9 Å². The Balaban J connectivity index is 2.04. The van der Waals surface area contributed by atoms with Crippen molar-refractivity contribution in [3.05, 3.63) is 77.5 Å². The summed E-state index contributed by atoms with van der Waals surface area (Å²) in [6, 6.07) is 20.3. The minimum atomic E-state index is -0.176. The molecule has 2 heteroatoms. The summed E-state index contributed by atoms with van der Waals surface area (Å²) in [5.41, 5.74) is 10.5. The summed E-state index contributed by atoms with van der Waals surface area (Å²) in [7, 11) is 0. The highest BCUT2D eigenvalue weighted by Crippen LogP contribution is 2.21. The van der Waals surface area contributed by atoms with Gasteiger partial charge < -0.3 is 5.73 Å². The van der Waals surface area contributed by atoms with Gasteiger partial charge in [-0.2, -0.15) is 0 Å². The molecular weight excluding hydrogens is 232 g/mol. The molecule has 0 fully saturated rings. The number of nitrogens with two attached hydrogens (primary N) is 1. The van der Waals surface area contributed by atoms with Gasteiger partial charge in [0.2, 0.25) is 0 Å². The summed E-state index contributed by atoms with van der Waals surface area (Å²) < 4.78 is 0. The molecule has 0 saturated carbocycles. The van der Waals surface area contributed by atoms with E-state index in [0.717, 1.165) is 22.2 Å². The maximum atomic E-state index is 6.31. The average Bonchev–Trinajstić information content (AvgIpc) is 2.46. The largest absolute Gasteiger partial charge is 0.319 e. The molecule has 2 nitrogen and oxygen atoms in total. The Labute approximate surface area is 112 Å². The van der Waals surface area contributed by atoms with Crippen LogP contribution in [0.4, 0.5) is 0 Å². The molecule has 0 radical (unpaired) electrons. The van der Waals surface area contributed by atoms with Crippen molar-refractivity contribution in [2.45, 2.75) is 13.0 Å². The number of hydrogen-bond acceptors (Lipinski definition) is 2. The lowest BCUT2D eigenvalue weighted by atomic mass is 10.0. The van der Waals surface area contributed by atoms with E-state index in [9.17, 15) is 0 Å². The van der Waals surface area contributed by atoms with E-state index < -0.39 is 0 Å². The lowest BCUT2D eigenvalue weighted by Gasteiger charge is -2.13. The maximum Gasteiger partial charge on any atom is 0.0726 e. The molecule has 0 bridgehead atoms. The molecule has 94 valence electrons. The molecule has 2 N–H and O–H groups in total. The van der Waals surface area contributed by atoms with Gasteiger partial charge in [0, 0.05) is 5.39 Å². The van der Waals surface area contributed by atoms with Gasteiger partial charge in [0.05, 0.1) is 17.3 Å². The van der Waals surface area contributed by atoms with Gasteiger partial charge in [-0.3, -0.25) is 4.98 Å². The molecule has 1 atom stereocenters. The first-order valence-electron chi connectivity index (χ1n) is 6.42. The van der Waals surface area contributed by atoms with E-state index in [4.69, 9.17) is 5.73 Å². The molecule has 0 aliphatic rings. The van der Waals surface area contributed by atoms with Crippen LogP contribution in [-0.4, -0.2) is 4.98 Å². The number of aryl methyl sites for hydroxylation is 1. The summed E-state index contributed by atoms with van der Waals surface area (Å²) in [6.07, 6.45) is 0. The minimum absolute atomic E-state index is 0.176. The van der Waals surface area contributed by atoms with Crippen LogP contribution in [-0.2, 0) is 0 Å². The summed E-state index contributed by atoms with van der Waals surface area (Å²) in [6.45, 7) is 2.07. The second-order valence-corrected chi connectivity index (χ2v) is 4.82. The Hall–Kier alpha value is -2.19. The van der Waals surface area contributed by atoms with Crippen LogP contribution in [0, 0.1) is 6.92 Å². The van der Waals surface area contributed by atoms with Crippen LogP contribution in [0.2, 0.25) is 0 Å². The van der Waals surface area contributed by atoms with Crippen LogP contribution in [0.3, 0.4) is 0 Å². The summed E-state index contributed by atoms with van der Waals surface area (Å²) in [5.74, 6) is 0. The molecular formula is C17H16N2. The highest BCUT2D eigenvalue weighted by atomic mass is 14.8. The molecule has 1 unspecified atom stereocenters. The number of aromatic nitrogens is 1. The molecule has 2 aromatic carbocycles. The Morgan fingerprint density at radius 3 is 2.63 bits per heavy atom. The Bertz CT molecular complexity index is 719. The van der Waals surface area contributed by atoms with Gasteiger partial charge in [0.1, 0.15) is 0 Å². The summed E-state index contributed by atoms with van der Waals surface area (Å²) in [4.78, 5) is 4.66. The van der Waals surface area contributed by atoms with Crippen molar-refractivity contribution in [1.29, 1.82) is 0 Å². The standard InChI is InChI=1S/C17H16N2/c1-12-5-4-7-14(11-12)17(18)16-10-9-13-6-2-3-8-15(13)19-16/h2-11,17H,18H2,1H3. The Kier molecular flexibility index (Phi) is 3.02. The van der Waals surface area contributed by atoms with E-state index in [0.29, 0.717) is 0 Å². The minimum Gasteiger partial charge on any atom is -0.319 e. The van der Waals surface area contributed by atoms with Gasteiger partial charge in [0.15, 0.2) is 0 Å². The molecule has 1 aromatic heterocycles. The first-order chi connectivity index (χ1) is 9.24. The van der Waals surface area contributed by atoms with E-state index in [2.05, 4.69) is 42.2 Å². The van der Waals surface area contributed by atoms with Gasteiger partial charge in [-0.15, -0.1) is 0 Å². The van der Waals surface area contributed by atoms with Crippen LogP contribution >= 0.6 is 0 Å². The van der Waals surface area contributed by atoms with E-state index in [-0.39, 0.29) is 6.04 Å². The number of hydrogen-bond donors (Lipinski definition) is 1. The number of pyridine rings is 1. The van der Waals surface area contributed by atoms with Crippen molar-refractivity contribution >= 4 is 10.9 Å². The fraction of sp³-hybridized carbons (Fsp3) is 0.118. The normalized spacial score (nSPS) is 12.5. The van der Waals surface area contributed by atoms with Crippen LogP contribution in [0.5, 0.6) is 0 Å². The van der Waals surface area contributed by atoms with Crippen LogP contribution in [0.15, 0.2) is 60.7 Å². The zero-order chi connectivity index (χ0) is 13.2. The smallest absolute Gasteiger partial charge is 0.0726 e. The highest BCUT2D eigenvalue weighted by Gasteiger charge is 2.10. The van der Waals surface area contributed by atoms with Crippen molar-refractivity contribution in [1.82, 2.24) is 4.98 Å². The quantitative estimate of drug-likeness (QED) is 0.752. The predicted octanol–water partition coefficient (Wildman–Crippen LogP) is 3.59. The van der Waals surface area contributed by atoms with Gasteiger partial charge in [0.25, 0.3) is 0 Å². The van der Waals surface area contributed by atoms with Gasteiger partial charge in [-0.05, 0) is 24.6 Å². The zero-order valence-electron chi connectivity index (χ0n) is 10.9. The van der Waals surface area contributed by atoms with Crippen molar-refractivity contribution < 1.29 is 0 Å². The van der Waals surface area contributed by atoms with E-state index in [1.165, 1.54) is 5.56 Å². The zero-order valence-corrected chi connectivity index (χ0v) is 10.9. The average molecular weight is 248 g/mol. The molecule has 1 heterocycles. The first-order valence-corrected chi connectivity index (χ1v) is 6.42. The van der Waals surface area contributed by atoms with Crippen molar-refractivity contribution in [3.8, 4) is 0 Å². The third kappa shape index (κ3) is 2.35. The molecule has 0 spiro atoms. The third-order valence-electron chi connectivity index (χ3n) is 3.34. The number of fused-ring (bicyclic) bond motifs is 1. The topological polar surface area (TPSA) is 38.9 Å². The SMILES string of the molecule is Cc1cccc(C(N)c2ccc3ccccc3n2)c1. The molecule has 0 aliphatic heterocycles. The van der Waals surface area contributed by atoms with Crippen LogP contribution < -0.4 is 5.73 Å². The van der Waals surface area contributed by atoms with Gasteiger partial charge in [-0.1, -0.05) is 54.1 Å².